The molecule has 112 valence electrons. The van der Waals surface area contributed by atoms with Gasteiger partial charge in [-0.05, 0) is 19.8 Å². The van der Waals surface area contributed by atoms with Crippen LogP contribution in [-0.2, 0) is 4.79 Å². The van der Waals surface area contributed by atoms with Gasteiger partial charge in [0.05, 0.1) is 6.20 Å². The van der Waals surface area contributed by atoms with E-state index in [4.69, 9.17) is 0 Å². The summed E-state index contributed by atoms with van der Waals surface area (Å²) in [5.74, 6) is 1.93. The van der Waals surface area contributed by atoms with Crippen molar-refractivity contribution in [2.24, 2.45) is 5.92 Å². The summed E-state index contributed by atoms with van der Waals surface area (Å²) in [4.78, 5) is 20.3. The number of carbonyl (C=O) groups excluding carboxylic acids is 1. The molecule has 0 unspecified atom stereocenters. The number of rotatable bonds is 7. The van der Waals surface area contributed by atoms with Crippen molar-refractivity contribution in [1.82, 2.24) is 19.7 Å². The van der Waals surface area contributed by atoms with Crippen molar-refractivity contribution in [3.63, 3.8) is 0 Å². The molecule has 0 aliphatic heterocycles. The molecule has 0 bridgehead atoms. The highest BCUT2D eigenvalue weighted by Gasteiger charge is 2.28. The molecule has 7 nitrogen and oxygen atoms in total. The maximum atomic E-state index is 11.5. The molecule has 0 saturated heterocycles. The number of carbonyl (C=O) groups is 1. The van der Waals surface area contributed by atoms with Crippen molar-refractivity contribution < 1.29 is 4.79 Å². The quantitative estimate of drug-likeness (QED) is 0.665. The fourth-order valence-electron chi connectivity index (χ4n) is 2.17. The highest BCUT2D eigenvalue weighted by Crippen LogP contribution is 2.28. The second-order valence-electron chi connectivity index (χ2n) is 5.16. The van der Waals surface area contributed by atoms with E-state index in [9.17, 15) is 4.79 Å². The lowest BCUT2D eigenvalue weighted by Gasteiger charge is -2.10. The van der Waals surface area contributed by atoms with Crippen molar-refractivity contribution in [2.75, 3.05) is 30.3 Å². The van der Waals surface area contributed by atoms with Crippen molar-refractivity contribution in [1.29, 1.82) is 0 Å². The van der Waals surface area contributed by atoms with Crippen LogP contribution in [0, 0.1) is 5.92 Å². The molecule has 21 heavy (non-hydrogen) atoms. The van der Waals surface area contributed by atoms with Gasteiger partial charge >= 0.3 is 0 Å². The van der Waals surface area contributed by atoms with Crippen LogP contribution in [0.15, 0.2) is 18.6 Å². The van der Waals surface area contributed by atoms with Gasteiger partial charge in [-0.3, -0.25) is 4.79 Å². The topological polar surface area (TPSA) is 83.4 Å². The highest BCUT2D eigenvalue weighted by atomic mass is 16.2. The van der Waals surface area contributed by atoms with E-state index >= 15 is 0 Å². The minimum atomic E-state index is 0.164. The van der Waals surface area contributed by atoms with Crippen LogP contribution in [0.1, 0.15) is 19.8 Å². The van der Waals surface area contributed by atoms with Gasteiger partial charge in [0.25, 0.3) is 0 Å². The summed E-state index contributed by atoms with van der Waals surface area (Å²) in [5, 5.41) is 9.35. The molecule has 2 heterocycles. The Bertz CT molecular complexity index is 633. The first-order chi connectivity index (χ1) is 10.3. The Morgan fingerprint density at radius 2 is 2.24 bits per heavy atom. The summed E-state index contributed by atoms with van der Waals surface area (Å²) in [6.45, 7) is 4.06. The number of nitrogens with one attached hydrogen (secondary N) is 3. The second-order valence-corrected chi connectivity index (χ2v) is 5.16. The zero-order chi connectivity index (χ0) is 14.7. The van der Waals surface area contributed by atoms with Crippen LogP contribution in [0.2, 0.25) is 0 Å². The molecular weight excluding hydrogens is 268 g/mol. The van der Waals surface area contributed by atoms with E-state index in [2.05, 4.69) is 25.9 Å². The number of nitrogens with zero attached hydrogens (tertiary/aromatic N) is 3. The molecular formula is C14H20N6O. The first-order valence-electron chi connectivity index (χ1n) is 7.37. The summed E-state index contributed by atoms with van der Waals surface area (Å²) in [6.07, 6.45) is 7.59. The zero-order valence-corrected chi connectivity index (χ0v) is 12.1. The number of hydrogen-bond donors (Lipinski definition) is 3. The van der Waals surface area contributed by atoms with Gasteiger partial charge in [0.15, 0.2) is 11.5 Å². The third-order valence-electron chi connectivity index (χ3n) is 3.40. The lowest BCUT2D eigenvalue weighted by molar-refractivity contribution is -0.122. The first kappa shape index (κ1) is 13.7. The van der Waals surface area contributed by atoms with E-state index in [0.29, 0.717) is 13.1 Å². The van der Waals surface area contributed by atoms with Gasteiger partial charge in [-0.1, -0.05) is 0 Å². The molecule has 7 heteroatoms. The van der Waals surface area contributed by atoms with E-state index in [0.717, 1.165) is 36.7 Å². The van der Waals surface area contributed by atoms with Crippen LogP contribution in [0.4, 0.5) is 11.6 Å². The molecule has 1 aliphatic carbocycles. The van der Waals surface area contributed by atoms with Gasteiger partial charge in [0.1, 0.15) is 5.82 Å². The van der Waals surface area contributed by atoms with Crippen LogP contribution in [0.5, 0.6) is 0 Å². The number of anilines is 2. The minimum Gasteiger partial charge on any atom is -0.369 e. The second kappa shape index (κ2) is 5.99. The Hall–Kier alpha value is -2.31. The van der Waals surface area contributed by atoms with Crippen molar-refractivity contribution >= 4 is 23.2 Å². The Labute approximate surface area is 123 Å². The zero-order valence-electron chi connectivity index (χ0n) is 12.1. The summed E-state index contributed by atoms with van der Waals surface area (Å²) < 4.78 is 1.93. The summed E-state index contributed by atoms with van der Waals surface area (Å²) in [6, 6.07) is 0. The van der Waals surface area contributed by atoms with E-state index in [-0.39, 0.29) is 11.8 Å². The van der Waals surface area contributed by atoms with Gasteiger partial charge in [-0.2, -0.15) is 0 Å². The molecule has 0 spiro atoms. The van der Waals surface area contributed by atoms with Gasteiger partial charge in [0.2, 0.25) is 5.91 Å². The van der Waals surface area contributed by atoms with Gasteiger partial charge in [-0.25, -0.2) is 9.97 Å². The number of amides is 1. The van der Waals surface area contributed by atoms with Crippen LogP contribution in [0.25, 0.3) is 5.65 Å². The van der Waals surface area contributed by atoms with Crippen molar-refractivity contribution in [3.05, 3.63) is 18.6 Å². The normalized spacial score (nSPS) is 14.1. The molecule has 1 saturated carbocycles. The predicted molar refractivity (Wildman–Crippen MR) is 81.4 cm³/mol. The SMILES string of the molecule is CCNc1cn2ccnc2c(NCCNC(=O)C2CC2)n1. The fraction of sp³-hybridized carbons (Fsp3) is 0.500. The molecule has 2 aromatic heterocycles. The van der Waals surface area contributed by atoms with E-state index < -0.39 is 0 Å². The van der Waals surface area contributed by atoms with Crippen LogP contribution >= 0.6 is 0 Å². The van der Waals surface area contributed by atoms with Crippen molar-refractivity contribution in [3.8, 4) is 0 Å². The molecule has 2 aromatic rings. The lowest BCUT2D eigenvalue weighted by Crippen LogP contribution is -2.30. The largest absolute Gasteiger partial charge is 0.369 e. The van der Waals surface area contributed by atoms with E-state index in [1.807, 2.05) is 23.7 Å². The molecule has 1 fully saturated rings. The number of hydrogen-bond acceptors (Lipinski definition) is 5. The molecule has 0 aromatic carbocycles. The first-order valence-corrected chi connectivity index (χ1v) is 7.37. The van der Waals surface area contributed by atoms with Crippen molar-refractivity contribution in [2.45, 2.75) is 19.8 Å². The molecule has 1 amide bonds. The van der Waals surface area contributed by atoms with Crippen LogP contribution < -0.4 is 16.0 Å². The number of imidazole rings is 1. The monoisotopic (exact) mass is 288 g/mol. The molecule has 3 N–H and O–H groups in total. The Kier molecular flexibility index (Phi) is 3.89. The Morgan fingerprint density at radius 3 is 3.00 bits per heavy atom. The third kappa shape index (κ3) is 3.24. The molecule has 0 atom stereocenters. The lowest BCUT2D eigenvalue weighted by atomic mass is 10.4. The van der Waals surface area contributed by atoms with Crippen LogP contribution in [0.3, 0.4) is 0 Å². The van der Waals surface area contributed by atoms with Gasteiger partial charge < -0.3 is 20.4 Å². The summed E-state index contributed by atoms with van der Waals surface area (Å²) in [7, 11) is 0. The highest BCUT2D eigenvalue weighted by molar-refractivity contribution is 5.80. The maximum Gasteiger partial charge on any atom is 0.223 e. The Morgan fingerprint density at radius 1 is 1.38 bits per heavy atom. The number of aromatic nitrogens is 3. The Balaban J connectivity index is 1.61. The third-order valence-corrected chi connectivity index (χ3v) is 3.40. The fourth-order valence-corrected chi connectivity index (χ4v) is 2.17. The van der Waals surface area contributed by atoms with E-state index in [1.54, 1.807) is 6.20 Å². The smallest absolute Gasteiger partial charge is 0.223 e. The maximum absolute atomic E-state index is 11.5. The molecule has 1 aliphatic rings. The minimum absolute atomic E-state index is 0.164. The number of fused-ring (bicyclic) bond motifs is 1. The summed E-state index contributed by atoms with van der Waals surface area (Å²) in [5.41, 5.74) is 0.783. The molecule has 3 rings (SSSR count). The predicted octanol–water partition coefficient (Wildman–Crippen LogP) is 1.10. The molecule has 0 radical (unpaired) electrons. The summed E-state index contributed by atoms with van der Waals surface area (Å²) >= 11 is 0. The average molecular weight is 288 g/mol. The standard InChI is InChI=1S/C14H20N6O/c1-2-15-11-9-20-8-7-17-13(20)12(19-11)16-5-6-18-14(21)10-3-4-10/h7-10,15H,2-6H2,1H3,(H,16,19)(H,18,21). The van der Waals surface area contributed by atoms with Gasteiger partial charge in [-0.15, -0.1) is 0 Å². The van der Waals surface area contributed by atoms with E-state index in [1.165, 1.54) is 0 Å². The average Bonchev–Trinajstić information content (AvgIpc) is 3.22. The van der Waals surface area contributed by atoms with Crippen LogP contribution in [-0.4, -0.2) is 39.9 Å². The van der Waals surface area contributed by atoms with Gasteiger partial charge in [0, 0.05) is 37.9 Å².